The van der Waals surface area contributed by atoms with Gasteiger partial charge in [-0.05, 0) is 198 Å². The maximum absolute atomic E-state index is 15.0. The van der Waals surface area contributed by atoms with E-state index < -0.39 is 48.3 Å². The highest BCUT2D eigenvalue weighted by Gasteiger charge is 2.29. The molecule has 3 aromatic rings. The fourth-order valence-electron chi connectivity index (χ4n) is 14.1. The molecule has 23 nitrogen and oxygen atoms in total. The number of carbonyl (C=O) groups excluding carboxylic acids is 5. The Bertz CT molecular complexity index is 3210. The highest BCUT2D eigenvalue weighted by molar-refractivity contribution is 7.53. The van der Waals surface area contributed by atoms with Gasteiger partial charge in [0.2, 0.25) is 17.8 Å². The summed E-state index contributed by atoms with van der Waals surface area (Å²) in [4.78, 5) is 96.3. The lowest BCUT2D eigenvalue weighted by Crippen LogP contribution is -2.42. The van der Waals surface area contributed by atoms with Gasteiger partial charge in [-0.3, -0.25) is 23.5 Å². The average Bonchev–Trinajstić information content (AvgIpc) is 1.63. The van der Waals surface area contributed by atoms with E-state index in [9.17, 15) is 33.3 Å². The molecule has 0 radical (unpaired) electrons. The minimum atomic E-state index is -3.59. The summed E-state index contributed by atoms with van der Waals surface area (Å²) in [6, 6.07) is 6.33. The Morgan fingerprint density at radius 3 is 1.40 bits per heavy atom. The number of hydrogen-bond donors (Lipinski definition) is 6. The van der Waals surface area contributed by atoms with Crippen molar-refractivity contribution in [1.82, 2.24) is 40.0 Å². The van der Waals surface area contributed by atoms with E-state index in [2.05, 4.69) is 112 Å². The molecule has 24 heteroatoms. The Kier molecular flexibility index (Phi) is 49.5. The number of rotatable bonds is 62. The number of nitrogens with two attached hydrogens (primary N) is 1. The summed E-state index contributed by atoms with van der Waals surface area (Å²) >= 11 is 0. The number of nitrogens with one attached hydrogen (secondary N) is 5. The predicted molar refractivity (Wildman–Crippen MR) is 469 cm³/mol. The van der Waals surface area contributed by atoms with E-state index in [0.717, 1.165) is 80.6 Å². The number of carbonyl (C=O) groups is 5. The predicted octanol–water partition coefficient (Wildman–Crippen LogP) is 21.5. The number of ether oxygens (including phenoxy) is 3. The molecule has 2 aromatic heterocycles. The highest BCUT2D eigenvalue weighted by Crippen LogP contribution is 2.49. The van der Waals surface area contributed by atoms with E-state index in [1.165, 1.54) is 94.5 Å². The Morgan fingerprint density at radius 1 is 0.518 bits per heavy atom. The van der Waals surface area contributed by atoms with Crippen molar-refractivity contribution in [3.63, 3.8) is 0 Å². The largest absolute Gasteiger partial charge is 0.460 e. The molecule has 656 valence electrons. The molecule has 0 aliphatic rings. The van der Waals surface area contributed by atoms with Crippen molar-refractivity contribution in [3.05, 3.63) is 40.3 Å². The summed E-state index contributed by atoms with van der Waals surface area (Å²) in [6.45, 7) is 45.3. The molecular weight excluding hydrogens is 1460 g/mol. The average molecular weight is 1620 g/mol. The van der Waals surface area contributed by atoms with Crippen LogP contribution in [-0.4, -0.2) is 147 Å². The fraction of sp³-hybridized carbons (Fsp3) is 0.822. The Hall–Kier alpha value is -5.77. The van der Waals surface area contributed by atoms with E-state index in [-0.39, 0.29) is 75.2 Å². The number of anilines is 3. The number of esters is 1. The third kappa shape index (κ3) is 48.2. The number of aromatic nitrogens is 4. The maximum Gasteiger partial charge on any atom is 0.410 e. The van der Waals surface area contributed by atoms with Crippen molar-refractivity contribution in [3.8, 4) is 0 Å². The van der Waals surface area contributed by atoms with Gasteiger partial charge >= 0.3 is 31.4 Å². The summed E-state index contributed by atoms with van der Waals surface area (Å²) in [5.41, 5.74) is 5.83. The van der Waals surface area contributed by atoms with E-state index in [0.29, 0.717) is 124 Å². The molecule has 0 aliphatic heterocycles. The zero-order valence-corrected chi connectivity index (χ0v) is 76.3. The molecule has 4 amide bonds. The van der Waals surface area contributed by atoms with Crippen LogP contribution in [0.25, 0.3) is 11.2 Å². The van der Waals surface area contributed by atoms with Crippen LogP contribution in [0, 0.1) is 47.3 Å². The quantitative estimate of drug-likeness (QED) is 0.0132. The standard InChI is InChI=1S/C90H164N11O12P/c1-21-22-56-94-84-97-81(91)80-82(98-84)101(85(105)96-80)66-75-48-50-76(51-49-75)95-83(104)77(52-53-78(102)93-57-33-62-100(87(107)113-90(18,19)20)61-26-25-60-99(86(106)112-89(15,16)17)59-24-23-47-79(103)111-88(12,13)14)92-58-34-65-114(108,109-63-54-73(10)45-31-43-71(8)41-29-39-69(6)37-27-35-67(2)3)110-64-55-74(11)46-32-44-72(9)42-30-40-70(7)38-28-36-68(4)5/h48-51,67-74,77,92H,21-47,52-66H2,1-20H3,(H,93,102)(H,95,104)(H,96,105)(H3,91,94,97,98)/t69?,70?,71?,72?,73?,74?,77-,114?/m0/s1. The number of unbranched alkanes of at least 4 members (excludes halogenated alkanes) is 3. The lowest BCUT2D eigenvalue weighted by atomic mass is 9.91. The number of H-pyrrole nitrogens is 1. The summed E-state index contributed by atoms with van der Waals surface area (Å²) < 4.78 is 46.3. The van der Waals surface area contributed by atoms with Crippen LogP contribution in [-0.2, 0) is 48.8 Å². The number of hydrogen-bond acceptors (Lipinski definition) is 17. The van der Waals surface area contributed by atoms with Crippen LogP contribution in [0.5, 0.6) is 0 Å². The number of fused-ring (bicyclic) bond motifs is 1. The smallest absolute Gasteiger partial charge is 0.410 e. The number of aromatic amines is 1. The van der Waals surface area contributed by atoms with Gasteiger partial charge in [0.25, 0.3) is 0 Å². The topological polar surface area (TPSA) is 293 Å². The molecule has 0 saturated heterocycles. The zero-order valence-electron chi connectivity index (χ0n) is 75.4. The summed E-state index contributed by atoms with van der Waals surface area (Å²) in [5.74, 6) is 4.85. The van der Waals surface area contributed by atoms with Crippen molar-refractivity contribution in [2.75, 3.05) is 81.6 Å². The monoisotopic (exact) mass is 1620 g/mol. The molecule has 7 atom stereocenters. The van der Waals surface area contributed by atoms with Crippen molar-refractivity contribution >= 4 is 66.2 Å². The third-order valence-electron chi connectivity index (χ3n) is 21.1. The van der Waals surface area contributed by atoms with Gasteiger partial charge in [-0.15, -0.1) is 0 Å². The van der Waals surface area contributed by atoms with Gasteiger partial charge < -0.3 is 65.0 Å². The second-order valence-electron chi connectivity index (χ2n) is 37.5. The molecule has 0 spiro atoms. The van der Waals surface area contributed by atoms with Crippen molar-refractivity contribution in [2.24, 2.45) is 47.3 Å². The number of imidazole rings is 1. The SMILES string of the molecule is CCCCNc1nc(N)c2[nH]c(=O)n(Cc3ccc(NC(=O)[C@H](CCC(=O)NCCCN(CCCCN(CCCCC(=O)OC(C)(C)C)C(=O)OC(C)(C)C)C(=O)OC(C)(C)C)NCCCP(=O)(OCCC(C)CCCC(C)CCCC(C)CCCC(C)C)OCCC(C)CCCC(C)CCCC(C)CCCC(C)C)cc3)c2n1. The van der Waals surface area contributed by atoms with E-state index in [1.807, 2.05) is 74.4 Å². The van der Waals surface area contributed by atoms with Crippen LogP contribution in [0.15, 0.2) is 29.1 Å². The molecule has 0 bridgehead atoms. The Labute approximate surface area is 690 Å². The minimum absolute atomic E-state index is 0.00689. The van der Waals surface area contributed by atoms with E-state index in [4.69, 9.17) is 29.0 Å². The van der Waals surface area contributed by atoms with Gasteiger partial charge in [-0.1, -0.05) is 210 Å². The molecule has 0 saturated carbocycles. The zero-order chi connectivity index (χ0) is 84.9. The lowest BCUT2D eigenvalue weighted by molar-refractivity contribution is -0.155. The second kappa shape index (κ2) is 55.1. The highest BCUT2D eigenvalue weighted by atomic mass is 31.2. The molecule has 3 rings (SSSR count). The van der Waals surface area contributed by atoms with Crippen LogP contribution in [0.1, 0.15) is 343 Å². The van der Waals surface area contributed by atoms with Crippen molar-refractivity contribution < 1.29 is 51.8 Å². The number of benzene rings is 1. The Morgan fingerprint density at radius 2 is 0.956 bits per heavy atom. The van der Waals surface area contributed by atoms with Crippen molar-refractivity contribution in [2.45, 2.75) is 367 Å². The van der Waals surface area contributed by atoms with Gasteiger partial charge in [0.05, 0.1) is 32.0 Å². The first kappa shape index (κ1) is 102. The number of amides is 4. The molecule has 0 fully saturated rings. The Balaban J connectivity index is 1.78. The van der Waals surface area contributed by atoms with E-state index in [1.54, 1.807) is 21.9 Å². The lowest BCUT2D eigenvalue weighted by Gasteiger charge is -2.29. The molecule has 114 heavy (non-hydrogen) atoms. The van der Waals surface area contributed by atoms with Crippen LogP contribution in [0.2, 0.25) is 0 Å². The molecule has 1 aromatic carbocycles. The summed E-state index contributed by atoms with van der Waals surface area (Å²) in [6.07, 6.45) is 28.6. The normalized spacial score (nSPS) is 14.6. The van der Waals surface area contributed by atoms with Gasteiger partial charge in [0.15, 0.2) is 11.5 Å². The number of nitrogen functional groups attached to an aromatic ring is 1. The second-order valence-corrected chi connectivity index (χ2v) is 39.7. The molecule has 0 aliphatic carbocycles. The molecule has 6 unspecified atom stereocenters. The van der Waals surface area contributed by atoms with Crippen LogP contribution < -0.4 is 32.7 Å². The molecular formula is C90H164N11O12P. The van der Waals surface area contributed by atoms with E-state index >= 15 is 0 Å². The van der Waals surface area contributed by atoms with Crippen molar-refractivity contribution in [1.29, 1.82) is 0 Å². The van der Waals surface area contributed by atoms with Crippen LogP contribution in [0.3, 0.4) is 0 Å². The molecule has 2 heterocycles. The minimum Gasteiger partial charge on any atom is -0.460 e. The van der Waals surface area contributed by atoms with Crippen LogP contribution in [0.4, 0.5) is 27.0 Å². The maximum atomic E-state index is 15.0. The van der Waals surface area contributed by atoms with Gasteiger partial charge in [-0.2, -0.15) is 9.97 Å². The first-order chi connectivity index (χ1) is 53.7. The number of nitrogens with zero attached hydrogens (tertiary/aromatic N) is 5. The first-order valence-corrected chi connectivity index (χ1v) is 46.4. The van der Waals surface area contributed by atoms with Gasteiger partial charge in [0.1, 0.15) is 22.3 Å². The van der Waals surface area contributed by atoms with Crippen LogP contribution >= 0.6 is 7.60 Å². The third-order valence-corrected chi connectivity index (χ3v) is 23.2. The molecule has 7 N–H and O–H groups in total. The van der Waals surface area contributed by atoms with Gasteiger partial charge in [-0.25, -0.2) is 14.4 Å². The van der Waals surface area contributed by atoms with Gasteiger partial charge in [0, 0.05) is 57.8 Å². The first-order valence-electron chi connectivity index (χ1n) is 44.7. The summed E-state index contributed by atoms with van der Waals surface area (Å²) in [7, 11) is -3.59. The summed E-state index contributed by atoms with van der Waals surface area (Å²) in [5, 5.41) is 12.7. The fourth-order valence-corrected chi connectivity index (χ4v) is 15.8.